The average molecular weight is 451 g/mol. The van der Waals surface area contributed by atoms with E-state index >= 15 is 0 Å². The summed E-state index contributed by atoms with van der Waals surface area (Å²) in [5.74, 6) is 2.39. The minimum atomic E-state index is -4.91. The number of rotatable bonds is 3. The van der Waals surface area contributed by atoms with Crippen molar-refractivity contribution in [2.45, 2.75) is 18.6 Å². The van der Waals surface area contributed by atoms with Gasteiger partial charge in [0.25, 0.3) is 5.91 Å². The molecular weight excluding hydrogens is 435 g/mol. The van der Waals surface area contributed by atoms with Gasteiger partial charge in [0.15, 0.2) is 5.54 Å². The number of benzene rings is 2. The maximum atomic E-state index is 13.4. The molecular formula is C20H16F3N3O4S. The van der Waals surface area contributed by atoms with Crippen LogP contribution in [0, 0.1) is 11.3 Å². The van der Waals surface area contributed by atoms with Gasteiger partial charge in [-0.1, -0.05) is 12.1 Å². The van der Waals surface area contributed by atoms with E-state index in [1.807, 2.05) is 0 Å². The second-order valence-corrected chi connectivity index (χ2v) is 9.42. The first-order valence-electron chi connectivity index (χ1n) is 8.65. The van der Waals surface area contributed by atoms with Crippen LogP contribution in [-0.4, -0.2) is 37.7 Å². The van der Waals surface area contributed by atoms with Gasteiger partial charge in [-0.05, 0) is 48.7 Å². The topological polar surface area (TPSA) is 102 Å². The lowest BCUT2D eigenvalue weighted by Gasteiger charge is -2.32. The highest BCUT2D eigenvalue weighted by Gasteiger charge is 2.58. The molecule has 162 valence electrons. The Kier molecular flexibility index (Phi) is 5.02. The molecule has 0 spiro atoms. The van der Waals surface area contributed by atoms with Gasteiger partial charge in [0.1, 0.15) is 5.75 Å². The maximum absolute atomic E-state index is 13.4. The fraction of sp³-hybridized carbons (Fsp3) is 0.200. The molecule has 3 rings (SSSR count). The maximum Gasteiger partial charge on any atom is 0.417 e. The first-order chi connectivity index (χ1) is 14.2. The normalized spacial score (nSPS) is 21.2. The number of anilines is 1. The number of nitrogens with zero attached hydrogens (tertiary/aromatic N) is 3. The standard InChI is InChI=1S/C20H16F3N3O4S/c1-19(13-5-8-15(27)9-6-13)17(28)25(18(29)26(19)31(2,3)30)14-7-4-12(11-24)16(10-14)20(21,22)23/h4-10,27H,2H2,1,3H3. The van der Waals surface area contributed by atoms with Crippen molar-refractivity contribution in [1.82, 2.24) is 4.31 Å². The van der Waals surface area contributed by atoms with Gasteiger partial charge in [-0.3, -0.25) is 4.79 Å². The van der Waals surface area contributed by atoms with Gasteiger partial charge in [-0.25, -0.2) is 18.2 Å². The molecule has 2 aromatic carbocycles. The van der Waals surface area contributed by atoms with E-state index < -0.39 is 50.2 Å². The Labute approximate surface area is 176 Å². The molecule has 1 fully saturated rings. The largest absolute Gasteiger partial charge is 0.508 e. The van der Waals surface area contributed by atoms with E-state index in [2.05, 4.69) is 5.87 Å². The summed E-state index contributed by atoms with van der Waals surface area (Å²) in [4.78, 5) is 27.0. The SMILES string of the molecule is C=S(C)(=O)N1C(=O)N(c2ccc(C#N)c(C(F)(F)F)c2)C(=O)C1(C)c1ccc(O)cc1. The lowest BCUT2D eigenvalue weighted by molar-refractivity contribution is -0.137. The number of alkyl halides is 3. The van der Waals surface area contributed by atoms with Gasteiger partial charge in [-0.15, -0.1) is 0 Å². The van der Waals surface area contributed by atoms with Crippen LogP contribution in [0.5, 0.6) is 5.75 Å². The Balaban J connectivity index is 2.25. The quantitative estimate of drug-likeness (QED) is 0.570. The molecule has 0 saturated carbocycles. The zero-order valence-corrected chi connectivity index (χ0v) is 17.1. The van der Waals surface area contributed by atoms with Gasteiger partial charge < -0.3 is 5.11 Å². The Morgan fingerprint density at radius 2 is 1.74 bits per heavy atom. The van der Waals surface area contributed by atoms with Crippen molar-refractivity contribution in [3.63, 3.8) is 0 Å². The first-order valence-corrected chi connectivity index (χ1v) is 10.7. The molecule has 3 amide bonds. The highest BCUT2D eigenvalue weighted by atomic mass is 32.2. The van der Waals surface area contributed by atoms with Gasteiger partial charge in [0.2, 0.25) is 0 Å². The molecule has 1 aliphatic rings. The number of halogens is 3. The second kappa shape index (κ2) is 7.02. The molecule has 7 nitrogen and oxygen atoms in total. The van der Waals surface area contributed by atoms with Crippen LogP contribution in [0.25, 0.3) is 0 Å². The molecule has 2 aromatic rings. The third kappa shape index (κ3) is 3.48. The number of imide groups is 1. The Hall–Kier alpha value is -3.52. The first kappa shape index (κ1) is 22.2. The van der Waals surface area contributed by atoms with Gasteiger partial charge in [0, 0.05) is 16.0 Å². The number of carbonyl (C=O) groups is 2. The van der Waals surface area contributed by atoms with E-state index in [1.54, 1.807) is 0 Å². The summed E-state index contributed by atoms with van der Waals surface area (Å²) in [5, 5.41) is 18.5. The summed E-state index contributed by atoms with van der Waals surface area (Å²) >= 11 is 0. The average Bonchev–Trinajstić information content (AvgIpc) is 2.87. The van der Waals surface area contributed by atoms with Crippen molar-refractivity contribution in [3.8, 4) is 11.8 Å². The van der Waals surface area contributed by atoms with Crippen LogP contribution in [-0.2, 0) is 26.2 Å². The van der Waals surface area contributed by atoms with E-state index in [4.69, 9.17) is 5.26 Å². The van der Waals surface area contributed by atoms with Crippen molar-refractivity contribution in [2.24, 2.45) is 0 Å². The molecule has 1 saturated heterocycles. The number of aromatic hydroxyl groups is 1. The number of hydrogen-bond acceptors (Lipinski definition) is 5. The number of hydrogen-bond donors (Lipinski definition) is 1. The Morgan fingerprint density at radius 1 is 1.16 bits per heavy atom. The van der Waals surface area contributed by atoms with Crippen LogP contribution in [0.1, 0.15) is 23.6 Å². The van der Waals surface area contributed by atoms with Crippen molar-refractivity contribution in [2.75, 3.05) is 11.2 Å². The van der Waals surface area contributed by atoms with E-state index in [9.17, 15) is 32.1 Å². The summed E-state index contributed by atoms with van der Waals surface area (Å²) in [5.41, 5.74) is -4.12. The van der Waals surface area contributed by atoms with Gasteiger partial charge >= 0.3 is 12.2 Å². The number of nitriles is 1. The molecule has 1 heterocycles. The highest BCUT2D eigenvalue weighted by molar-refractivity contribution is 7.98. The van der Waals surface area contributed by atoms with Crippen molar-refractivity contribution in [3.05, 3.63) is 59.2 Å². The fourth-order valence-electron chi connectivity index (χ4n) is 3.48. The van der Waals surface area contributed by atoms with Crippen molar-refractivity contribution in [1.29, 1.82) is 5.26 Å². The zero-order valence-electron chi connectivity index (χ0n) is 16.3. The molecule has 0 radical (unpaired) electrons. The van der Waals surface area contributed by atoms with Crippen molar-refractivity contribution >= 4 is 33.2 Å². The summed E-state index contributed by atoms with van der Waals surface area (Å²) in [6.07, 6.45) is -3.78. The lowest BCUT2D eigenvalue weighted by Crippen LogP contribution is -2.47. The minimum absolute atomic E-state index is 0.124. The number of carbonyl (C=O) groups excluding carboxylic acids is 2. The van der Waals surface area contributed by atoms with Crippen LogP contribution in [0.3, 0.4) is 0 Å². The van der Waals surface area contributed by atoms with Crippen LogP contribution in [0.2, 0.25) is 0 Å². The van der Waals surface area contributed by atoms with Crippen LogP contribution >= 0.6 is 0 Å². The van der Waals surface area contributed by atoms with Crippen LogP contribution in [0.15, 0.2) is 42.5 Å². The molecule has 0 aromatic heterocycles. The smallest absolute Gasteiger partial charge is 0.417 e. The van der Waals surface area contributed by atoms with E-state index in [1.165, 1.54) is 37.3 Å². The molecule has 2 atom stereocenters. The van der Waals surface area contributed by atoms with E-state index in [-0.39, 0.29) is 11.3 Å². The lowest BCUT2D eigenvalue weighted by atomic mass is 9.91. The number of amides is 3. The molecule has 31 heavy (non-hydrogen) atoms. The second-order valence-electron chi connectivity index (χ2n) is 7.14. The van der Waals surface area contributed by atoms with Crippen LogP contribution in [0.4, 0.5) is 23.7 Å². The Bertz CT molecular complexity index is 1230. The highest BCUT2D eigenvalue weighted by Crippen LogP contribution is 2.43. The molecule has 1 aliphatic heterocycles. The molecule has 1 N–H and O–H groups in total. The molecule has 2 unspecified atom stereocenters. The zero-order chi connectivity index (χ0) is 23.4. The summed E-state index contributed by atoms with van der Waals surface area (Å²) in [6, 6.07) is 7.89. The summed E-state index contributed by atoms with van der Waals surface area (Å²) < 4.78 is 53.7. The third-order valence-electron chi connectivity index (χ3n) is 4.89. The number of phenols is 1. The molecule has 11 heteroatoms. The minimum Gasteiger partial charge on any atom is -0.508 e. The summed E-state index contributed by atoms with van der Waals surface area (Å²) in [7, 11) is -3.36. The fourth-order valence-corrected chi connectivity index (χ4v) is 4.85. The van der Waals surface area contributed by atoms with Gasteiger partial charge in [-0.2, -0.15) is 18.4 Å². The summed E-state index contributed by atoms with van der Waals surface area (Å²) in [6.45, 7) is 1.29. The van der Waals surface area contributed by atoms with E-state index in [0.29, 0.717) is 11.0 Å². The van der Waals surface area contributed by atoms with Gasteiger partial charge in [0.05, 0.1) is 22.9 Å². The molecule has 0 bridgehead atoms. The Morgan fingerprint density at radius 3 is 2.23 bits per heavy atom. The number of phenolic OH excluding ortho intramolecular Hbond substituents is 1. The predicted octanol–water partition coefficient (Wildman–Crippen LogP) is 3.23. The number of urea groups is 1. The molecule has 0 aliphatic carbocycles. The van der Waals surface area contributed by atoms with Crippen LogP contribution < -0.4 is 4.90 Å². The van der Waals surface area contributed by atoms with E-state index in [0.717, 1.165) is 22.7 Å². The van der Waals surface area contributed by atoms with Crippen molar-refractivity contribution < 1.29 is 32.1 Å². The predicted molar refractivity (Wildman–Crippen MR) is 108 cm³/mol. The monoisotopic (exact) mass is 451 g/mol. The third-order valence-corrected chi connectivity index (χ3v) is 6.19.